The van der Waals surface area contributed by atoms with Crippen molar-refractivity contribution in [2.75, 3.05) is 13.2 Å². The van der Waals surface area contributed by atoms with Crippen LogP contribution in [0.25, 0.3) is 6.08 Å². The average molecular weight is 453 g/mol. The fourth-order valence-electron chi connectivity index (χ4n) is 2.69. The number of carbonyl (C=O) groups excluding carboxylic acids is 2. The van der Waals surface area contributed by atoms with Gasteiger partial charge in [-0.25, -0.2) is 14.4 Å². The van der Waals surface area contributed by atoms with E-state index in [1.165, 1.54) is 30.3 Å². The van der Waals surface area contributed by atoms with Crippen LogP contribution in [0.2, 0.25) is 0 Å². The molecule has 0 saturated carbocycles. The number of carboxylic acids is 1. The van der Waals surface area contributed by atoms with Crippen LogP contribution in [0.5, 0.6) is 11.5 Å². The summed E-state index contributed by atoms with van der Waals surface area (Å²) in [6, 6.07) is 12.9. The monoisotopic (exact) mass is 452 g/mol. The number of aromatic carboxylic acids is 1. The van der Waals surface area contributed by atoms with E-state index in [1.807, 2.05) is 24.3 Å². The third-order valence-electron chi connectivity index (χ3n) is 4.50. The van der Waals surface area contributed by atoms with Gasteiger partial charge in [-0.05, 0) is 80.6 Å². The molecule has 0 spiro atoms. The predicted octanol–water partition coefficient (Wildman–Crippen LogP) is 5.06. The van der Waals surface area contributed by atoms with E-state index in [9.17, 15) is 14.4 Å². The Hall–Kier alpha value is -3.87. The Balaban J connectivity index is 1.64. The zero-order chi connectivity index (χ0) is 24.1. The van der Waals surface area contributed by atoms with Gasteiger partial charge < -0.3 is 19.3 Å². The zero-order valence-electron chi connectivity index (χ0n) is 18.6. The second kappa shape index (κ2) is 13.5. The first kappa shape index (κ1) is 25.4. The molecule has 0 heterocycles. The van der Waals surface area contributed by atoms with Crippen LogP contribution in [-0.2, 0) is 14.3 Å². The summed E-state index contributed by atoms with van der Waals surface area (Å²) in [5.41, 5.74) is 1.34. The van der Waals surface area contributed by atoms with Crippen LogP contribution in [0.3, 0.4) is 0 Å². The highest BCUT2D eigenvalue weighted by Crippen LogP contribution is 2.15. The van der Waals surface area contributed by atoms with E-state index in [2.05, 4.69) is 6.58 Å². The quantitative estimate of drug-likeness (QED) is 0.196. The Morgan fingerprint density at radius 1 is 0.879 bits per heavy atom. The van der Waals surface area contributed by atoms with Crippen molar-refractivity contribution in [3.8, 4) is 11.5 Å². The van der Waals surface area contributed by atoms with Gasteiger partial charge in [0.25, 0.3) is 0 Å². The van der Waals surface area contributed by atoms with Crippen LogP contribution in [0.4, 0.5) is 0 Å². The zero-order valence-corrected chi connectivity index (χ0v) is 18.6. The van der Waals surface area contributed by atoms with Crippen LogP contribution < -0.4 is 9.47 Å². The normalized spacial score (nSPS) is 10.6. The van der Waals surface area contributed by atoms with Crippen molar-refractivity contribution in [1.29, 1.82) is 0 Å². The molecule has 33 heavy (non-hydrogen) atoms. The molecule has 2 aromatic carbocycles. The van der Waals surface area contributed by atoms with Gasteiger partial charge in [0.2, 0.25) is 0 Å². The average Bonchev–Trinajstić information content (AvgIpc) is 2.80. The summed E-state index contributed by atoms with van der Waals surface area (Å²) in [5, 5.41) is 8.87. The maximum Gasteiger partial charge on any atom is 0.336 e. The van der Waals surface area contributed by atoms with Crippen LogP contribution in [-0.4, -0.2) is 36.2 Å². The van der Waals surface area contributed by atoms with E-state index in [-0.39, 0.29) is 17.3 Å². The van der Waals surface area contributed by atoms with Crippen LogP contribution in [0.15, 0.2) is 66.8 Å². The Morgan fingerprint density at radius 2 is 1.48 bits per heavy atom. The Morgan fingerprint density at radius 3 is 2.09 bits per heavy atom. The summed E-state index contributed by atoms with van der Waals surface area (Å²) in [5.74, 6) is -0.942. The lowest BCUT2D eigenvalue weighted by Gasteiger charge is -2.07. The number of unbranched alkanes of at least 4 members (excludes halogenated alkanes) is 3. The van der Waals surface area contributed by atoms with Crippen molar-refractivity contribution in [3.05, 3.63) is 77.9 Å². The van der Waals surface area contributed by atoms with Crippen molar-refractivity contribution in [2.24, 2.45) is 0 Å². The molecule has 0 amide bonds. The van der Waals surface area contributed by atoms with Crippen molar-refractivity contribution in [3.63, 3.8) is 0 Å². The van der Waals surface area contributed by atoms with Crippen molar-refractivity contribution in [2.45, 2.75) is 32.6 Å². The van der Waals surface area contributed by atoms with E-state index in [0.29, 0.717) is 18.8 Å². The first-order chi connectivity index (χ1) is 15.8. The standard InChI is InChI=1S/C26H28O7/c1-19(2)26(30)32-18-6-4-3-5-17-31-22-12-7-20(8-13-22)9-16-24(27)33-23-14-10-21(11-15-23)25(28)29/h7-16H,1,3-6,17-18H2,2H3,(H,28,29)/b16-9+. The molecule has 0 fully saturated rings. The second-order valence-corrected chi connectivity index (χ2v) is 7.33. The molecule has 0 unspecified atom stereocenters. The van der Waals surface area contributed by atoms with Gasteiger partial charge in [0, 0.05) is 11.6 Å². The van der Waals surface area contributed by atoms with Gasteiger partial charge in [-0.3, -0.25) is 0 Å². The molecule has 0 atom stereocenters. The molecule has 7 nitrogen and oxygen atoms in total. The predicted molar refractivity (Wildman–Crippen MR) is 124 cm³/mol. The van der Waals surface area contributed by atoms with E-state index in [4.69, 9.17) is 19.3 Å². The van der Waals surface area contributed by atoms with E-state index < -0.39 is 11.9 Å². The van der Waals surface area contributed by atoms with Gasteiger partial charge in [0.1, 0.15) is 11.5 Å². The molecule has 1 N–H and O–H groups in total. The van der Waals surface area contributed by atoms with Gasteiger partial charge in [0.05, 0.1) is 18.8 Å². The third-order valence-corrected chi connectivity index (χ3v) is 4.50. The molecular weight excluding hydrogens is 424 g/mol. The molecule has 0 bridgehead atoms. The summed E-state index contributed by atoms with van der Waals surface area (Å²) in [6.45, 7) is 6.17. The number of carboxylic acid groups (broad SMARTS) is 1. The lowest BCUT2D eigenvalue weighted by molar-refractivity contribution is -0.139. The minimum Gasteiger partial charge on any atom is -0.494 e. The van der Waals surface area contributed by atoms with E-state index >= 15 is 0 Å². The van der Waals surface area contributed by atoms with Gasteiger partial charge >= 0.3 is 17.9 Å². The molecule has 174 valence electrons. The Kier molecular flexibility index (Phi) is 10.4. The number of hydrogen-bond donors (Lipinski definition) is 1. The summed E-state index contributed by atoms with van der Waals surface area (Å²) in [7, 11) is 0. The van der Waals surface area contributed by atoms with Gasteiger partial charge in [-0.2, -0.15) is 0 Å². The Labute approximate surface area is 193 Å². The number of ether oxygens (including phenoxy) is 3. The van der Waals surface area contributed by atoms with Gasteiger partial charge in [-0.1, -0.05) is 18.7 Å². The van der Waals surface area contributed by atoms with Crippen LogP contribution in [0, 0.1) is 0 Å². The fourth-order valence-corrected chi connectivity index (χ4v) is 2.69. The highest BCUT2D eigenvalue weighted by Gasteiger charge is 2.05. The molecule has 0 saturated heterocycles. The molecule has 0 aliphatic heterocycles. The molecule has 0 aromatic heterocycles. The van der Waals surface area contributed by atoms with E-state index in [0.717, 1.165) is 37.0 Å². The fraction of sp³-hybridized carbons (Fsp3) is 0.269. The number of carbonyl (C=O) groups is 3. The summed E-state index contributed by atoms with van der Waals surface area (Å²) in [4.78, 5) is 34.0. The Bertz CT molecular complexity index is 973. The topological polar surface area (TPSA) is 99.1 Å². The highest BCUT2D eigenvalue weighted by molar-refractivity contribution is 5.90. The summed E-state index contributed by atoms with van der Waals surface area (Å²) >= 11 is 0. The molecule has 2 aromatic rings. The lowest BCUT2D eigenvalue weighted by Crippen LogP contribution is -2.06. The first-order valence-corrected chi connectivity index (χ1v) is 10.6. The molecule has 7 heteroatoms. The number of hydrogen-bond acceptors (Lipinski definition) is 6. The van der Waals surface area contributed by atoms with Gasteiger partial charge in [-0.15, -0.1) is 0 Å². The van der Waals surface area contributed by atoms with Crippen LogP contribution >= 0.6 is 0 Å². The maximum absolute atomic E-state index is 11.9. The minimum absolute atomic E-state index is 0.120. The first-order valence-electron chi connectivity index (χ1n) is 10.6. The molecular formula is C26H28O7. The van der Waals surface area contributed by atoms with Crippen molar-refractivity contribution in [1.82, 2.24) is 0 Å². The molecule has 0 aliphatic carbocycles. The van der Waals surface area contributed by atoms with Crippen LogP contribution in [0.1, 0.15) is 48.5 Å². The third kappa shape index (κ3) is 9.86. The largest absolute Gasteiger partial charge is 0.494 e. The molecule has 2 rings (SSSR count). The van der Waals surface area contributed by atoms with Crippen molar-refractivity contribution < 1.29 is 33.7 Å². The number of esters is 2. The summed E-state index contributed by atoms with van der Waals surface area (Å²) in [6.07, 6.45) is 6.57. The second-order valence-electron chi connectivity index (χ2n) is 7.33. The smallest absolute Gasteiger partial charge is 0.336 e. The minimum atomic E-state index is -1.04. The summed E-state index contributed by atoms with van der Waals surface area (Å²) < 4.78 is 15.9. The molecule has 0 radical (unpaired) electrons. The van der Waals surface area contributed by atoms with E-state index in [1.54, 1.807) is 13.0 Å². The molecule has 0 aliphatic rings. The van der Waals surface area contributed by atoms with Gasteiger partial charge in [0.15, 0.2) is 0 Å². The maximum atomic E-state index is 11.9. The number of rotatable bonds is 13. The SMILES string of the molecule is C=C(C)C(=O)OCCCCCCOc1ccc(/C=C/C(=O)Oc2ccc(C(=O)O)cc2)cc1. The lowest BCUT2D eigenvalue weighted by atomic mass is 10.2. The van der Waals surface area contributed by atoms with Crippen molar-refractivity contribution >= 4 is 24.0 Å². The highest BCUT2D eigenvalue weighted by atomic mass is 16.5. The number of benzene rings is 2.